The molecule has 0 aliphatic rings. The molecule has 2 rings (SSSR count). The molecule has 0 fully saturated rings. The molecule has 0 atom stereocenters. The predicted octanol–water partition coefficient (Wildman–Crippen LogP) is 2.10. The first-order valence-corrected chi connectivity index (χ1v) is 6.33. The Kier molecular flexibility index (Phi) is 4.93. The number of hydrogen-bond acceptors (Lipinski definition) is 2. The van der Waals surface area contributed by atoms with Crippen molar-refractivity contribution in [3.05, 3.63) is 60.4 Å². The molecule has 1 heterocycles. The smallest absolute Gasteiger partial charge is 0.244 e. The zero-order valence-corrected chi connectivity index (χ0v) is 10.7. The predicted molar refractivity (Wildman–Crippen MR) is 75.3 cm³/mol. The largest absolute Gasteiger partial charge is 0.352 e. The zero-order chi connectivity index (χ0) is 13.3. The van der Waals surface area contributed by atoms with E-state index in [0.29, 0.717) is 6.54 Å². The maximum Gasteiger partial charge on any atom is 0.244 e. The van der Waals surface area contributed by atoms with E-state index in [-0.39, 0.29) is 5.91 Å². The topological polar surface area (TPSA) is 46.9 Å². The fourth-order valence-electron chi connectivity index (χ4n) is 1.68. The number of nitrogens with one attached hydrogen (secondary N) is 1. The normalized spacial score (nSPS) is 10.7. The molecule has 0 spiro atoms. The fourth-order valence-corrected chi connectivity index (χ4v) is 1.68. The van der Waals surface area contributed by atoms with Gasteiger partial charge in [0.1, 0.15) is 0 Å². The third-order valence-electron chi connectivity index (χ3n) is 2.65. The standard InChI is InChI=1S/C15H17N3O/c19-15(9-8-14-6-2-1-3-7-14)16-10-4-12-18-13-5-11-17-18/h1-3,5-9,11,13H,4,10,12H2,(H,16,19)/b9-8+. The number of hydrogen-bond donors (Lipinski definition) is 1. The van der Waals surface area contributed by atoms with Gasteiger partial charge in [-0.05, 0) is 24.1 Å². The van der Waals surface area contributed by atoms with Crippen LogP contribution in [-0.4, -0.2) is 22.2 Å². The molecule has 1 aromatic heterocycles. The molecule has 0 saturated heterocycles. The van der Waals surface area contributed by atoms with Crippen LogP contribution in [0.4, 0.5) is 0 Å². The van der Waals surface area contributed by atoms with E-state index >= 15 is 0 Å². The van der Waals surface area contributed by atoms with Gasteiger partial charge in [-0.3, -0.25) is 9.48 Å². The summed E-state index contributed by atoms with van der Waals surface area (Å²) in [7, 11) is 0. The van der Waals surface area contributed by atoms with Crippen LogP contribution in [0.15, 0.2) is 54.9 Å². The van der Waals surface area contributed by atoms with Gasteiger partial charge in [0.2, 0.25) is 5.91 Å². The summed E-state index contributed by atoms with van der Waals surface area (Å²) in [4.78, 5) is 11.6. The molecular formula is C15H17N3O. The second-order valence-corrected chi connectivity index (χ2v) is 4.16. The molecule has 4 nitrogen and oxygen atoms in total. The number of aryl methyl sites for hydroxylation is 1. The lowest BCUT2D eigenvalue weighted by molar-refractivity contribution is -0.116. The highest BCUT2D eigenvalue weighted by atomic mass is 16.1. The van der Waals surface area contributed by atoms with Crippen molar-refractivity contribution in [1.82, 2.24) is 15.1 Å². The Hall–Kier alpha value is -2.36. The Balaban J connectivity index is 1.66. The summed E-state index contributed by atoms with van der Waals surface area (Å²) in [5.74, 6) is -0.0654. The summed E-state index contributed by atoms with van der Waals surface area (Å²) < 4.78 is 1.85. The maximum atomic E-state index is 11.6. The van der Waals surface area contributed by atoms with Crippen molar-refractivity contribution in [1.29, 1.82) is 0 Å². The minimum absolute atomic E-state index is 0.0654. The molecule has 0 bridgehead atoms. The molecule has 1 aromatic carbocycles. The molecule has 0 radical (unpaired) electrons. The van der Waals surface area contributed by atoms with Crippen molar-refractivity contribution in [2.24, 2.45) is 0 Å². The lowest BCUT2D eigenvalue weighted by Gasteiger charge is -2.02. The van der Waals surface area contributed by atoms with Crippen LogP contribution >= 0.6 is 0 Å². The molecule has 0 aliphatic heterocycles. The van der Waals surface area contributed by atoms with Crippen LogP contribution in [-0.2, 0) is 11.3 Å². The highest BCUT2D eigenvalue weighted by molar-refractivity contribution is 5.91. The minimum Gasteiger partial charge on any atom is -0.352 e. The zero-order valence-electron chi connectivity index (χ0n) is 10.7. The van der Waals surface area contributed by atoms with Crippen LogP contribution < -0.4 is 5.32 Å². The van der Waals surface area contributed by atoms with Gasteiger partial charge >= 0.3 is 0 Å². The van der Waals surface area contributed by atoms with Crippen LogP contribution in [0.5, 0.6) is 0 Å². The summed E-state index contributed by atoms with van der Waals surface area (Å²) in [5.41, 5.74) is 1.02. The number of amides is 1. The molecule has 0 aliphatic carbocycles. The lowest BCUT2D eigenvalue weighted by atomic mass is 10.2. The van der Waals surface area contributed by atoms with E-state index in [4.69, 9.17) is 0 Å². The van der Waals surface area contributed by atoms with E-state index in [9.17, 15) is 4.79 Å². The number of carbonyl (C=O) groups excluding carboxylic acids is 1. The summed E-state index contributed by atoms with van der Waals surface area (Å²) in [6.07, 6.45) is 7.90. The summed E-state index contributed by atoms with van der Waals surface area (Å²) in [5, 5.41) is 6.95. The quantitative estimate of drug-likeness (QED) is 0.634. The first-order chi connectivity index (χ1) is 9.34. The molecule has 98 valence electrons. The summed E-state index contributed by atoms with van der Waals surface area (Å²) >= 11 is 0. The van der Waals surface area contributed by atoms with Crippen molar-refractivity contribution in [2.75, 3.05) is 6.54 Å². The molecular weight excluding hydrogens is 238 g/mol. The van der Waals surface area contributed by atoms with Crippen LogP contribution in [0.3, 0.4) is 0 Å². The summed E-state index contributed by atoms with van der Waals surface area (Å²) in [6, 6.07) is 11.7. The molecule has 1 amide bonds. The Morgan fingerprint density at radius 2 is 2.11 bits per heavy atom. The molecule has 4 heteroatoms. The number of nitrogens with zero attached hydrogens (tertiary/aromatic N) is 2. The van der Waals surface area contributed by atoms with E-state index in [1.807, 2.05) is 53.4 Å². The average molecular weight is 255 g/mol. The third kappa shape index (κ3) is 4.79. The average Bonchev–Trinajstić information content (AvgIpc) is 2.96. The van der Waals surface area contributed by atoms with E-state index in [1.54, 1.807) is 12.3 Å². The maximum absolute atomic E-state index is 11.6. The van der Waals surface area contributed by atoms with Crippen molar-refractivity contribution in [2.45, 2.75) is 13.0 Å². The van der Waals surface area contributed by atoms with Gasteiger partial charge in [-0.2, -0.15) is 5.10 Å². The van der Waals surface area contributed by atoms with Gasteiger partial charge in [0.05, 0.1) is 0 Å². The number of aromatic nitrogens is 2. The Bertz CT molecular complexity index is 518. The van der Waals surface area contributed by atoms with Gasteiger partial charge in [-0.25, -0.2) is 0 Å². The van der Waals surface area contributed by atoms with Gasteiger partial charge in [0.25, 0.3) is 0 Å². The van der Waals surface area contributed by atoms with E-state index in [2.05, 4.69) is 10.4 Å². The Labute approximate surface area is 112 Å². The Morgan fingerprint density at radius 3 is 2.84 bits per heavy atom. The van der Waals surface area contributed by atoms with E-state index in [0.717, 1.165) is 18.5 Å². The van der Waals surface area contributed by atoms with Gasteiger partial charge in [0, 0.05) is 31.6 Å². The van der Waals surface area contributed by atoms with Crippen LogP contribution in [0, 0.1) is 0 Å². The SMILES string of the molecule is O=C(/C=C/c1ccccc1)NCCCn1cccn1. The number of rotatable bonds is 6. The lowest BCUT2D eigenvalue weighted by Crippen LogP contribution is -2.23. The van der Waals surface area contributed by atoms with Crippen molar-refractivity contribution < 1.29 is 4.79 Å². The van der Waals surface area contributed by atoms with Crippen molar-refractivity contribution in [3.8, 4) is 0 Å². The van der Waals surface area contributed by atoms with Crippen molar-refractivity contribution >= 4 is 12.0 Å². The number of carbonyl (C=O) groups is 1. The minimum atomic E-state index is -0.0654. The van der Waals surface area contributed by atoms with Gasteiger partial charge in [0.15, 0.2) is 0 Å². The highest BCUT2D eigenvalue weighted by Gasteiger charge is 1.95. The molecule has 1 N–H and O–H groups in total. The van der Waals surface area contributed by atoms with Crippen LogP contribution in [0.1, 0.15) is 12.0 Å². The van der Waals surface area contributed by atoms with E-state index < -0.39 is 0 Å². The molecule has 0 saturated carbocycles. The van der Waals surface area contributed by atoms with Crippen molar-refractivity contribution in [3.63, 3.8) is 0 Å². The fraction of sp³-hybridized carbons (Fsp3) is 0.200. The second kappa shape index (κ2) is 7.16. The molecule has 19 heavy (non-hydrogen) atoms. The van der Waals surface area contributed by atoms with Gasteiger partial charge < -0.3 is 5.32 Å². The van der Waals surface area contributed by atoms with Crippen LogP contribution in [0.2, 0.25) is 0 Å². The van der Waals surface area contributed by atoms with Crippen LogP contribution in [0.25, 0.3) is 6.08 Å². The first kappa shape index (κ1) is 13.1. The van der Waals surface area contributed by atoms with Gasteiger partial charge in [-0.1, -0.05) is 30.3 Å². The summed E-state index contributed by atoms with van der Waals surface area (Å²) in [6.45, 7) is 1.47. The first-order valence-electron chi connectivity index (χ1n) is 6.33. The Morgan fingerprint density at radius 1 is 1.26 bits per heavy atom. The highest BCUT2D eigenvalue weighted by Crippen LogP contribution is 2.00. The second-order valence-electron chi connectivity index (χ2n) is 4.16. The molecule has 0 unspecified atom stereocenters. The third-order valence-corrected chi connectivity index (χ3v) is 2.65. The molecule has 2 aromatic rings. The van der Waals surface area contributed by atoms with E-state index in [1.165, 1.54) is 0 Å². The monoisotopic (exact) mass is 255 g/mol. The van der Waals surface area contributed by atoms with Gasteiger partial charge in [-0.15, -0.1) is 0 Å². The number of benzene rings is 1.